The number of rotatable bonds is 4. The summed E-state index contributed by atoms with van der Waals surface area (Å²) < 4.78 is 10.7. The van der Waals surface area contributed by atoms with Crippen molar-refractivity contribution in [1.82, 2.24) is 9.97 Å². The summed E-state index contributed by atoms with van der Waals surface area (Å²) >= 11 is -0.989. The summed E-state index contributed by atoms with van der Waals surface area (Å²) in [6, 6.07) is 11.0. The third-order valence-corrected chi connectivity index (χ3v) is 2.48. The van der Waals surface area contributed by atoms with Crippen LogP contribution in [-0.4, -0.2) is 9.97 Å². The Morgan fingerprint density at radius 3 is 1.73 bits per heavy atom. The van der Waals surface area contributed by atoms with Crippen LogP contribution in [0.2, 0.25) is 0 Å². The van der Waals surface area contributed by atoms with Crippen molar-refractivity contribution in [3.05, 3.63) is 48.8 Å². The topological polar surface area (TPSA) is 44.2 Å². The fourth-order valence-electron chi connectivity index (χ4n) is 0.921. The van der Waals surface area contributed by atoms with E-state index >= 15 is 0 Å². The van der Waals surface area contributed by atoms with Crippen LogP contribution in [0.3, 0.4) is 0 Å². The van der Waals surface area contributed by atoms with Crippen molar-refractivity contribution in [2.24, 2.45) is 0 Å². The van der Waals surface area contributed by atoms with E-state index < -0.39 is 19.9 Å². The Morgan fingerprint density at radius 2 is 1.33 bits per heavy atom. The molecule has 0 unspecified atom stereocenters. The molecule has 0 aliphatic carbocycles. The molecule has 0 atom stereocenters. The first-order chi connectivity index (χ1) is 7.45. The Morgan fingerprint density at radius 1 is 0.800 bits per heavy atom. The second kappa shape index (κ2) is 5.48. The van der Waals surface area contributed by atoms with Gasteiger partial charge in [-0.15, -0.1) is 0 Å². The van der Waals surface area contributed by atoms with Gasteiger partial charge < -0.3 is 0 Å². The summed E-state index contributed by atoms with van der Waals surface area (Å²) in [6.45, 7) is 0. The molecule has 74 valence electrons. The molecule has 2 rings (SSSR count). The molecule has 0 fully saturated rings. The van der Waals surface area contributed by atoms with Gasteiger partial charge in [-0.05, 0) is 0 Å². The van der Waals surface area contributed by atoms with E-state index in [1.54, 1.807) is 24.5 Å². The van der Waals surface area contributed by atoms with Crippen molar-refractivity contribution < 1.29 is 26.6 Å². The Kier molecular flexibility index (Phi) is 3.71. The minimum absolute atomic E-state index is 0.591. The molecule has 4 nitrogen and oxygen atoms in total. The number of hydrogen-bond acceptors (Lipinski definition) is 4. The van der Waals surface area contributed by atoms with E-state index in [4.69, 9.17) is 6.64 Å². The maximum atomic E-state index is 5.36. The van der Waals surface area contributed by atoms with E-state index in [1.807, 2.05) is 24.3 Å². The van der Waals surface area contributed by atoms with Crippen LogP contribution in [0, 0.1) is 0 Å². The molecule has 0 aliphatic rings. The monoisotopic (exact) mass is 236 g/mol. The summed E-state index contributed by atoms with van der Waals surface area (Å²) in [5, 5.41) is 0. The van der Waals surface area contributed by atoms with E-state index in [1.165, 1.54) is 0 Å². The molecule has 0 radical (unpaired) electrons. The third-order valence-electron chi connectivity index (χ3n) is 1.57. The molecule has 0 N–H and O–H groups in total. The summed E-state index contributed by atoms with van der Waals surface area (Å²) in [6.07, 6.45) is 3.37. The quantitative estimate of drug-likeness (QED) is 0.760. The van der Waals surface area contributed by atoms with Crippen molar-refractivity contribution in [3.8, 4) is 11.8 Å². The fraction of sp³-hybridized carbons (Fsp3) is 0. The summed E-state index contributed by atoms with van der Waals surface area (Å²) in [5.41, 5.74) is 0. The van der Waals surface area contributed by atoms with Gasteiger partial charge in [-0.3, -0.25) is 0 Å². The average Bonchev–Trinajstić information content (AvgIpc) is 2.32. The van der Waals surface area contributed by atoms with Crippen LogP contribution >= 0.6 is 0 Å². The van der Waals surface area contributed by atoms with Crippen LogP contribution in [-0.2, 0) is 19.9 Å². The van der Waals surface area contributed by atoms with Gasteiger partial charge in [0, 0.05) is 0 Å². The van der Waals surface area contributed by atoms with Gasteiger partial charge in [0.25, 0.3) is 0 Å². The predicted octanol–water partition coefficient (Wildman–Crippen LogP) is 1.85. The molecular weight excluding hydrogens is 228 g/mol. The average molecular weight is 236 g/mol. The van der Waals surface area contributed by atoms with Gasteiger partial charge in [0.05, 0.1) is 0 Å². The predicted molar refractivity (Wildman–Crippen MR) is 49.7 cm³/mol. The molecule has 2 heterocycles. The van der Waals surface area contributed by atoms with Crippen LogP contribution in [0.15, 0.2) is 48.8 Å². The second-order valence-electron chi connectivity index (χ2n) is 2.62. The van der Waals surface area contributed by atoms with Gasteiger partial charge in [0.1, 0.15) is 0 Å². The van der Waals surface area contributed by atoms with Crippen molar-refractivity contribution in [2.75, 3.05) is 0 Å². The van der Waals surface area contributed by atoms with Crippen LogP contribution in [0.25, 0.3) is 0 Å². The SMILES string of the molecule is c1ccc([O][Ti][O]c2ccccn2)nc1. The first-order valence-electron chi connectivity index (χ1n) is 4.36. The zero-order valence-electron chi connectivity index (χ0n) is 7.83. The van der Waals surface area contributed by atoms with Gasteiger partial charge in [0.2, 0.25) is 0 Å². The van der Waals surface area contributed by atoms with E-state index in [0.29, 0.717) is 11.8 Å². The minimum atomic E-state index is -0.989. The molecule has 0 bridgehead atoms. The molecule has 15 heavy (non-hydrogen) atoms. The first-order valence-corrected chi connectivity index (χ1v) is 5.63. The van der Waals surface area contributed by atoms with Gasteiger partial charge in [-0.1, -0.05) is 0 Å². The molecule has 0 saturated carbocycles. The molecule has 0 spiro atoms. The van der Waals surface area contributed by atoms with E-state index in [-0.39, 0.29) is 0 Å². The van der Waals surface area contributed by atoms with Gasteiger partial charge in [0.15, 0.2) is 0 Å². The summed E-state index contributed by atoms with van der Waals surface area (Å²) in [7, 11) is 0. The third kappa shape index (κ3) is 3.34. The summed E-state index contributed by atoms with van der Waals surface area (Å²) in [5.74, 6) is 1.18. The fourth-order valence-corrected chi connectivity index (χ4v) is 1.63. The van der Waals surface area contributed by atoms with Gasteiger partial charge in [-0.25, -0.2) is 0 Å². The van der Waals surface area contributed by atoms with Gasteiger partial charge >= 0.3 is 97.1 Å². The Balaban J connectivity index is 1.81. The molecule has 0 aromatic carbocycles. The van der Waals surface area contributed by atoms with E-state index in [9.17, 15) is 0 Å². The zero-order valence-corrected chi connectivity index (χ0v) is 9.39. The van der Waals surface area contributed by atoms with Crippen molar-refractivity contribution in [2.45, 2.75) is 0 Å². The molecule has 2 aromatic heterocycles. The van der Waals surface area contributed by atoms with Crippen molar-refractivity contribution in [3.63, 3.8) is 0 Å². The number of nitrogens with zero attached hydrogens (tertiary/aromatic N) is 2. The maximum absolute atomic E-state index is 5.36. The second-order valence-corrected chi connectivity index (χ2v) is 3.52. The van der Waals surface area contributed by atoms with Crippen molar-refractivity contribution >= 4 is 0 Å². The Hall–Kier alpha value is -1.39. The molecule has 0 aliphatic heterocycles. The molecule has 2 aromatic rings. The van der Waals surface area contributed by atoms with Gasteiger partial charge in [-0.2, -0.15) is 0 Å². The van der Waals surface area contributed by atoms with Crippen molar-refractivity contribution in [1.29, 1.82) is 0 Å². The van der Waals surface area contributed by atoms with Crippen LogP contribution in [0.1, 0.15) is 0 Å². The van der Waals surface area contributed by atoms with Crippen LogP contribution < -0.4 is 6.64 Å². The van der Waals surface area contributed by atoms with E-state index in [0.717, 1.165) is 0 Å². The van der Waals surface area contributed by atoms with E-state index in [2.05, 4.69) is 9.97 Å². The standard InChI is InChI=1S/2C5H5NO.Ti/c2*7-5-3-1-2-4-6-5;/h2*1-4H,(H,6,7);/q;;+2/p-2. The zero-order chi connectivity index (χ0) is 10.3. The molecule has 0 amide bonds. The van der Waals surface area contributed by atoms with Crippen LogP contribution in [0.4, 0.5) is 0 Å². The normalized spacial score (nSPS) is 9.33. The first kappa shape index (κ1) is 10.1. The Bertz CT molecular complexity index is 357. The number of aromatic nitrogens is 2. The molecule has 0 saturated heterocycles. The Labute approximate surface area is 97.2 Å². The number of hydrogen-bond donors (Lipinski definition) is 0. The number of pyridine rings is 2. The molecule has 5 heteroatoms. The van der Waals surface area contributed by atoms with Crippen LogP contribution in [0.5, 0.6) is 11.8 Å². The molecular formula is C10H8N2O2Ti. The summed E-state index contributed by atoms with van der Waals surface area (Å²) in [4.78, 5) is 8.04.